The molecule has 0 saturated heterocycles. The first-order valence-corrected chi connectivity index (χ1v) is 10.9. The van der Waals surface area contributed by atoms with Gasteiger partial charge in [0.25, 0.3) is 0 Å². The van der Waals surface area contributed by atoms with Crippen LogP contribution in [0, 0.1) is 5.92 Å². The molecule has 2 atom stereocenters. The summed E-state index contributed by atoms with van der Waals surface area (Å²) in [6.07, 6.45) is 10.9. The average molecular weight is 409 g/mol. The summed E-state index contributed by atoms with van der Waals surface area (Å²) in [5, 5.41) is 18.1. The molecule has 2 aromatic rings. The van der Waals surface area contributed by atoms with Gasteiger partial charge < -0.3 is 15.7 Å². The number of aromatic nitrogens is 2. The van der Waals surface area contributed by atoms with Crippen molar-refractivity contribution in [2.45, 2.75) is 65.5 Å². The SMILES string of the molecule is CC.CCC(O)C1C=C(C)C(c2cc3cnc(NC(=O)C4CCC4)cc3cn2)=CN1. The number of anilines is 1. The number of amides is 1. The van der Waals surface area contributed by atoms with E-state index in [4.69, 9.17) is 0 Å². The molecule has 1 fully saturated rings. The molecule has 2 aromatic heterocycles. The van der Waals surface area contributed by atoms with Gasteiger partial charge >= 0.3 is 0 Å². The van der Waals surface area contributed by atoms with Crippen LogP contribution in [0.4, 0.5) is 5.82 Å². The maximum absolute atomic E-state index is 12.1. The molecule has 6 nitrogen and oxygen atoms in total. The Bertz CT molecular complexity index is 963. The second-order valence-corrected chi connectivity index (χ2v) is 7.68. The molecule has 4 rings (SSSR count). The summed E-state index contributed by atoms with van der Waals surface area (Å²) in [5.41, 5.74) is 2.94. The highest BCUT2D eigenvalue weighted by Crippen LogP contribution is 2.29. The first-order chi connectivity index (χ1) is 14.5. The summed E-state index contributed by atoms with van der Waals surface area (Å²) < 4.78 is 0. The standard InChI is InChI=1S/C22H26N4O2.C2H6/c1-3-20(27)19-7-13(2)17(12-24-19)18-8-15-11-25-21(9-16(15)10-23-18)26-22(28)14-5-4-6-14;1-2/h7-12,14,19-20,24,27H,3-6H2,1-2H3,(H,25,26,28);1-2H3. The Kier molecular flexibility index (Phi) is 7.21. The van der Waals surface area contributed by atoms with Gasteiger partial charge in [0, 0.05) is 40.9 Å². The predicted molar refractivity (Wildman–Crippen MR) is 122 cm³/mol. The third kappa shape index (κ3) is 4.70. The number of carbonyl (C=O) groups is 1. The van der Waals surface area contributed by atoms with Crippen molar-refractivity contribution in [1.82, 2.24) is 15.3 Å². The van der Waals surface area contributed by atoms with Crippen molar-refractivity contribution in [2.75, 3.05) is 5.32 Å². The van der Waals surface area contributed by atoms with Crippen LogP contribution in [0.15, 0.2) is 42.4 Å². The van der Waals surface area contributed by atoms with Gasteiger partial charge in [0.15, 0.2) is 0 Å². The van der Waals surface area contributed by atoms with Gasteiger partial charge in [0.1, 0.15) is 5.82 Å². The minimum absolute atomic E-state index is 0.0608. The largest absolute Gasteiger partial charge is 0.391 e. The Hall–Kier alpha value is -2.73. The third-order valence-corrected chi connectivity index (χ3v) is 5.71. The Morgan fingerprint density at radius 2 is 1.93 bits per heavy atom. The number of allylic oxidation sites excluding steroid dienone is 2. The van der Waals surface area contributed by atoms with Crippen molar-refractivity contribution < 1.29 is 9.90 Å². The number of aliphatic hydroxyl groups is 1. The van der Waals surface area contributed by atoms with Crippen molar-refractivity contribution in [3.63, 3.8) is 0 Å². The van der Waals surface area contributed by atoms with E-state index >= 15 is 0 Å². The highest BCUT2D eigenvalue weighted by Gasteiger charge is 2.25. The molecule has 6 heteroatoms. The molecular weight excluding hydrogens is 376 g/mol. The van der Waals surface area contributed by atoms with E-state index in [0.29, 0.717) is 12.2 Å². The molecule has 30 heavy (non-hydrogen) atoms. The Morgan fingerprint density at radius 1 is 1.23 bits per heavy atom. The molecule has 2 unspecified atom stereocenters. The number of nitrogens with zero attached hydrogens (tertiary/aromatic N) is 2. The summed E-state index contributed by atoms with van der Waals surface area (Å²) in [4.78, 5) is 21.1. The van der Waals surface area contributed by atoms with E-state index in [0.717, 1.165) is 46.9 Å². The molecule has 0 aromatic carbocycles. The number of pyridine rings is 2. The molecule has 1 aliphatic heterocycles. The number of dihydropyridines is 1. The van der Waals surface area contributed by atoms with Gasteiger partial charge in [-0.15, -0.1) is 0 Å². The van der Waals surface area contributed by atoms with E-state index in [9.17, 15) is 9.90 Å². The first-order valence-electron chi connectivity index (χ1n) is 10.9. The Morgan fingerprint density at radius 3 is 2.57 bits per heavy atom. The fraction of sp³-hybridized carbons (Fsp3) is 0.458. The molecule has 0 bridgehead atoms. The van der Waals surface area contributed by atoms with Crippen molar-refractivity contribution >= 4 is 28.1 Å². The normalized spacial score (nSPS) is 19.4. The molecule has 0 radical (unpaired) electrons. The van der Waals surface area contributed by atoms with E-state index in [1.807, 2.05) is 58.3 Å². The van der Waals surface area contributed by atoms with Gasteiger partial charge in [0.05, 0.1) is 17.8 Å². The van der Waals surface area contributed by atoms with Gasteiger partial charge in [-0.05, 0) is 43.9 Å². The van der Waals surface area contributed by atoms with Crippen LogP contribution in [0.2, 0.25) is 0 Å². The second kappa shape index (κ2) is 9.85. The monoisotopic (exact) mass is 408 g/mol. The van der Waals surface area contributed by atoms with E-state index in [1.54, 1.807) is 6.20 Å². The maximum Gasteiger partial charge on any atom is 0.228 e. The van der Waals surface area contributed by atoms with Crippen LogP contribution in [0.1, 0.15) is 59.1 Å². The highest BCUT2D eigenvalue weighted by molar-refractivity contribution is 5.95. The fourth-order valence-corrected chi connectivity index (χ4v) is 3.60. The topological polar surface area (TPSA) is 87.1 Å². The minimum atomic E-state index is -0.407. The lowest BCUT2D eigenvalue weighted by atomic mass is 9.85. The van der Waals surface area contributed by atoms with E-state index in [-0.39, 0.29) is 17.9 Å². The number of hydrogen-bond donors (Lipinski definition) is 3. The molecular formula is C24H32N4O2. The smallest absolute Gasteiger partial charge is 0.228 e. The van der Waals surface area contributed by atoms with Crippen molar-refractivity contribution in [2.24, 2.45) is 5.92 Å². The summed E-state index contributed by atoms with van der Waals surface area (Å²) in [6, 6.07) is 3.80. The van der Waals surface area contributed by atoms with E-state index in [2.05, 4.69) is 20.6 Å². The number of hydrogen-bond acceptors (Lipinski definition) is 5. The average Bonchev–Trinajstić information content (AvgIpc) is 2.73. The molecule has 1 aliphatic carbocycles. The number of aliphatic hydroxyl groups excluding tert-OH is 1. The molecule has 1 amide bonds. The summed E-state index contributed by atoms with van der Waals surface area (Å²) in [5.74, 6) is 0.768. The molecule has 160 valence electrons. The third-order valence-electron chi connectivity index (χ3n) is 5.71. The quantitative estimate of drug-likeness (QED) is 0.681. The van der Waals surface area contributed by atoms with Crippen molar-refractivity contribution in [3.05, 3.63) is 48.1 Å². The number of carbonyl (C=O) groups excluding carboxylic acids is 1. The Balaban J connectivity index is 0.00000124. The van der Waals surface area contributed by atoms with E-state index < -0.39 is 6.10 Å². The van der Waals surface area contributed by atoms with Crippen molar-refractivity contribution in [3.8, 4) is 0 Å². The molecule has 2 aliphatic rings. The molecule has 0 spiro atoms. The van der Waals surface area contributed by atoms with Crippen LogP contribution in [-0.2, 0) is 4.79 Å². The highest BCUT2D eigenvalue weighted by atomic mass is 16.3. The van der Waals surface area contributed by atoms with Gasteiger partial charge in [-0.3, -0.25) is 9.78 Å². The number of fused-ring (bicyclic) bond motifs is 1. The lowest BCUT2D eigenvalue weighted by Gasteiger charge is -2.25. The van der Waals surface area contributed by atoms with Gasteiger partial charge in [-0.2, -0.15) is 0 Å². The maximum atomic E-state index is 12.1. The van der Waals surface area contributed by atoms with Crippen LogP contribution in [0.25, 0.3) is 16.3 Å². The molecule has 1 saturated carbocycles. The fourth-order valence-electron chi connectivity index (χ4n) is 3.60. The van der Waals surface area contributed by atoms with Crippen LogP contribution in [0.5, 0.6) is 0 Å². The number of rotatable bonds is 5. The van der Waals surface area contributed by atoms with Gasteiger partial charge in [-0.1, -0.05) is 33.3 Å². The van der Waals surface area contributed by atoms with Crippen LogP contribution >= 0.6 is 0 Å². The lowest BCUT2D eigenvalue weighted by molar-refractivity contribution is -0.122. The number of nitrogens with one attached hydrogen (secondary N) is 2. The van der Waals surface area contributed by atoms with E-state index in [1.165, 1.54) is 0 Å². The lowest BCUT2D eigenvalue weighted by Crippen LogP contribution is -2.37. The van der Waals surface area contributed by atoms with Crippen LogP contribution in [0.3, 0.4) is 0 Å². The zero-order valence-corrected chi connectivity index (χ0v) is 18.3. The molecule has 3 heterocycles. The van der Waals surface area contributed by atoms with Gasteiger partial charge in [0.2, 0.25) is 5.91 Å². The summed E-state index contributed by atoms with van der Waals surface area (Å²) in [7, 11) is 0. The van der Waals surface area contributed by atoms with Crippen molar-refractivity contribution in [1.29, 1.82) is 0 Å². The van der Waals surface area contributed by atoms with Crippen LogP contribution in [-0.4, -0.2) is 33.1 Å². The second-order valence-electron chi connectivity index (χ2n) is 7.68. The van der Waals surface area contributed by atoms with Crippen LogP contribution < -0.4 is 10.6 Å². The summed E-state index contributed by atoms with van der Waals surface area (Å²) >= 11 is 0. The first kappa shape index (κ1) is 22.0. The molecule has 3 N–H and O–H groups in total. The zero-order chi connectivity index (χ0) is 21.7. The predicted octanol–water partition coefficient (Wildman–Crippen LogP) is 4.42. The minimum Gasteiger partial charge on any atom is -0.391 e. The zero-order valence-electron chi connectivity index (χ0n) is 18.3. The summed E-state index contributed by atoms with van der Waals surface area (Å²) in [6.45, 7) is 8.00. The van der Waals surface area contributed by atoms with Gasteiger partial charge in [-0.25, -0.2) is 4.98 Å². The Labute approximate surface area is 178 Å².